The predicted octanol–water partition coefficient (Wildman–Crippen LogP) is 0.704. The van der Waals surface area contributed by atoms with Crippen LogP contribution in [0, 0.1) is 11.7 Å². The first kappa shape index (κ1) is 13.0. The molecule has 4 N–H and O–H groups in total. The van der Waals surface area contributed by atoms with Gasteiger partial charge in [-0.25, -0.2) is 4.39 Å². The van der Waals surface area contributed by atoms with Gasteiger partial charge in [-0.15, -0.1) is 0 Å². The molecule has 2 rings (SSSR count). The first-order chi connectivity index (χ1) is 8.47. The molecule has 0 spiro atoms. The van der Waals surface area contributed by atoms with Crippen molar-refractivity contribution in [2.75, 3.05) is 13.1 Å². The van der Waals surface area contributed by atoms with Gasteiger partial charge >= 0.3 is 0 Å². The van der Waals surface area contributed by atoms with Crippen molar-refractivity contribution in [1.29, 1.82) is 0 Å². The van der Waals surface area contributed by atoms with Gasteiger partial charge in [0.05, 0.1) is 0 Å². The minimum atomic E-state index is -0.539. The van der Waals surface area contributed by atoms with Gasteiger partial charge in [-0.2, -0.15) is 0 Å². The summed E-state index contributed by atoms with van der Waals surface area (Å²) < 4.78 is 13.7. The summed E-state index contributed by atoms with van der Waals surface area (Å²) in [7, 11) is 0. The molecule has 1 saturated heterocycles. The average Bonchev–Trinajstić information content (AvgIpc) is 2.61. The highest BCUT2D eigenvalue weighted by Gasteiger charge is 2.26. The van der Waals surface area contributed by atoms with E-state index in [-0.39, 0.29) is 11.9 Å². The Labute approximate surface area is 106 Å². The first-order valence-corrected chi connectivity index (χ1v) is 6.03. The first-order valence-electron chi connectivity index (χ1n) is 6.03. The van der Waals surface area contributed by atoms with E-state index in [1.54, 1.807) is 0 Å². The average molecular weight is 251 g/mol. The van der Waals surface area contributed by atoms with Gasteiger partial charge in [0.1, 0.15) is 5.82 Å². The molecule has 0 saturated carbocycles. The normalized spacial score (nSPS) is 24.4. The van der Waals surface area contributed by atoms with Crippen LogP contribution < -0.4 is 11.5 Å². The number of nitrogens with two attached hydrogens (primary N) is 2. The Kier molecular flexibility index (Phi) is 3.63. The molecule has 1 fully saturated rings. The molecule has 1 aromatic carbocycles. The monoisotopic (exact) mass is 251 g/mol. The van der Waals surface area contributed by atoms with E-state index < -0.39 is 5.91 Å². The second-order valence-corrected chi connectivity index (χ2v) is 5.01. The smallest absolute Gasteiger partial charge is 0.248 e. The van der Waals surface area contributed by atoms with Gasteiger partial charge in [-0.1, -0.05) is 6.92 Å². The number of carbonyl (C=O) groups is 1. The number of primary amides is 1. The molecule has 2 unspecified atom stereocenters. The number of carbonyl (C=O) groups excluding carboxylic acids is 1. The van der Waals surface area contributed by atoms with Gasteiger partial charge in [0.25, 0.3) is 0 Å². The third kappa shape index (κ3) is 2.68. The number of hydrogen-bond donors (Lipinski definition) is 2. The van der Waals surface area contributed by atoms with E-state index in [9.17, 15) is 9.18 Å². The molecule has 18 heavy (non-hydrogen) atoms. The third-order valence-corrected chi connectivity index (χ3v) is 3.47. The van der Waals surface area contributed by atoms with Gasteiger partial charge in [0, 0.05) is 36.8 Å². The van der Waals surface area contributed by atoms with Crippen LogP contribution in [0.4, 0.5) is 4.39 Å². The Bertz CT molecular complexity index is 454. The van der Waals surface area contributed by atoms with Gasteiger partial charge < -0.3 is 11.5 Å². The van der Waals surface area contributed by atoms with Crippen molar-refractivity contribution in [3.05, 3.63) is 35.1 Å². The molecule has 0 aliphatic carbocycles. The van der Waals surface area contributed by atoms with E-state index in [0.29, 0.717) is 23.6 Å². The largest absolute Gasteiger partial charge is 0.366 e. The molecule has 0 bridgehead atoms. The molecule has 98 valence electrons. The molecule has 1 aromatic rings. The van der Waals surface area contributed by atoms with Crippen LogP contribution in [0.2, 0.25) is 0 Å². The lowest BCUT2D eigenvalue weighted by Crippen LogP contribution is -2.28. The molecule has 1 amide bonds. The fourth-order valence-corrected chi connectivity index (χ4v) is 2.31. The van der Waals surface area contributed by atoms with Crippen molar-refractivity contribution < 1.29 is 9.18 Å². The topological polar surface area (TPSA) is 72.3 Å². The van der Waals surface area contributed by atoms with Crippen LogP contribution in [0.15, 0.2) is 18.2 Å². The molecule has 4 nitrogen and oxygen atoms in total. The maximum absolute atomic E-state index is 13.7. The van der Waals surface area contributed by atoms with Crippen molar-refractivity contribution >= 4 is 5.91 Å². The summed E-state index contributed by atoms with van der Waals surface area (Å²) in [5.74, 6) is -0.441. The SMILES string of the molecule is CC1CN(Cc2cc(C(N)=O)ccc2F)CC1N. The minimum absolute atomic E-state index is 0.132. The summed E-state index contributed by atoms with van der Waals surface area (Å²) in [6, 6.07) is 4.34. The van der Waals surface area contributed by atoms with Gasteiger partial charge in [0.15, 0.2) is 0 Å². The second-order valence-electron chi connectivity index (χ2n) is 5.01. The lowest BCUT2D eigenvalue weighted by Gasteiger charge is -2.16. The zero-order valence-electron chi connectivity index (χ0n) is 10.4. The zero-order chi connectivity index (χ0) is 13.3. The zero-order valence-corrected chi connectivity index (χ0v) is 10.4. The number of halogens is 1. The summed E-state index contributed by atoms with van der Waals surface area (Å²) >= 11 is 0. The van der Waals surface area contributed by atoms with Crippen LogP contribution in [-0.4, -0.2) is 29.9 Å². The third-order valence-electron chi connectivity index (χ3n) is 3.47. The highest BCUT2D eigenvalue weighted by Crippen LogP contribution is 2.19. The number of nitrogens with zero attached hydrogens (tertiary/aromatic N) is 1. The van der Waals surface area contributed by atoms with Crippen molar-refractivity contribution in [2.24, 2.45) is 17.4 Å². The number of hydrogen-bond acceptors (Lipinski definition) is 3. The number of rotatable bonds is 3. The highest BCUT2D eigenvalue weighted by atomic mass is 19.1. The second kappa shape index (κ2) is 5.04. The lowest BCUT2D eigenvalue weighted by molar-refractivity contribution is 0.1000. The van der Waals surface area contributed by atoms with E-state index in [1.165, 1.54) is 18.2 Å². The molecule has 5 heteroatoms. The summed E-state index contributed by atoms with van der Waals surface area (Å²) in [6.45, 7) is 4.15. The van der Waals surface area contributed by atoms with E-state index >= 15 is 0 Å². The highest BCUT2D eigenvalue weighted by molar-refractivity contribution is 5.92. The van der Waals surface area contributed by atoms with Crippen molar-refractivity contribution in [3.8, 4) is 0 Å². The van der Waals surface area contributed by atoms with Gasteiger partial charge in [0.2, 0.25) is 5.91 Å². The van der Waals surface area contributed by atoms with E-state index in [1.807, 2.05) is 0 Å². The molecule has 0 radical (unpaired) electrons. The Morgan fingerprint density at radius 1 is 1.50 bits per heavy atom. The molecule has 1 aliphatic heterocycles. The van der Waals surface area contributed by atoms with E-state index in [0.717, 1.165) is 13.1 Å². The molecule has 1 heterocycles. The summed E-state index contributed by atoms with van der Waals surface area (Å²) in [6.07, 6.45) is 0. The van der Waals surface area contributed by atoms with Crippen molar-refractivity contribution in [1.82, 2.24) is 4.90 Å². The Hall–Kier alpha value is -1.46. The quantitative estimate of drug-likeness (QED) is 0.830. The number of amides is 1. The van der Waals surface area contributed by atoms with E-state index in [2.05, 4.69) is 11.8 Å². The predicted molar refractivity (Wildman–Crippen MR) is 67.3 cm³/mol. The molecular weight excluding hydrogens is 233 g/mol. The van der Waals surface area contributed by atoms with Crippen molar-refractivity contribution in [2.45, 2.75) is 19.5 Å². The number of likely N-dealkylation sites (tertiary alicyclic amines) is 1. The van der Waals surface area contributed by atoms with Gasteiger partial charge in [-0.05, 0) is 24.1 Å². The lowest BCUT2D eigenvalue weighted by atomic mass is 10.1. The van der Waals surface area contributed by atoms with Gasteiger partial charge in [-0.3, -0.25) is 9.69 Å². The number of benzene rings is 1. The standard InChI is InChI=1S/C13H18FN3O/c1-8-5-17(7-12(8)15)6-10-4-9(13(16)18)2-3-11(10)14/h2-4,8,12H,5-7,15H2,1H3,(H2,16,18). The Morgan fingerprint density at radius 2 is 2.22 bits per heavy atom. The van der Waals surface area contributed by atoms with Crippen LogP contribution in [0.5, 0.6) is 0 Å². The maximum Gasteiger partial charge on any atom is 0.248 e. The fraction of sp³-hybridized carbons (Fsp3) is 0.462. The van der Waals surface area contributed by atoms with E-state index in [4.69, 9.17) is 11.5 Å². The molecule has 2 atom stereocenters. The van der Waals surface area contributed by atoms with Crippen LogP contribution >= 0.6 is 0 Å². The van der Waals surface area contributed by atoms with Crippen LogP contribution in [-0.2, 0) is 6.54 Å². The minimum Gasteiger partial charge on any atom is -0.366 e. The molecular formula is C13H18FN3O. The maximum atomic E-state index is 13.7. The van der Waals surface area contributed by atoms with Crippen LogP contribution in [0.1, 0.15) is 22.8 Å². The van der Waals surface area contributed by atoms with Crippen molar-refractivity contribution in [3.63, 3.8) is 0 Å². The summed E-state index contributed by atoms with van der Waals surface area (Å²) in [4.78, 5) is 13.2. The Morgan fingerprint density at radius 3 is 2.78 bits per heavy atom. The van der Waals surface area contributed by atoms with Crippen LogP contribution in [0.25, 0.3) is 0 Å². The fourth-order valence-electron chi connectivity index (χ4n) is 2.31. The molecule has 0 aromatic heterocycles. The summed E-state index contributed by atoms with van der Waals surface area (Å²) in [5, 5.41) is 0. The summed E-state index contributed by atoms with van der Waals surface area (Å²) in [5.41, 5.74) is 11.9. The molecule has 1 aliphatic rings. The Balaban J connectivity index is 2.14. The van der Waals surface area contributed by atoms with Crippen LogP contribution in [0.3, 0.4) is 0 Å².